The Labute approximate surface area is 92.1 Å². The fourth-order valence-corrected chi connectivity index (χ4v) is 1.32. The summed E-state index contributed by atoms with van der Waals surface area (Å²) in [5, 5.41) is 11.5. The topological polar surface area (TPSA) is 42.7 Å². The highest BCUT2D eigenvalue weighted by molar-refractivity contribution is 4.95. The summed E-state index contributed by atoms with van der Waals surface area (Å²) >= 11 is 0. The maximum atomic E-state index is 4.15. The van der Waals surface area contributed by atoms with Gasteiger partial charge in [-0.3, -0.25) is 5.32 Å². The van der Waals surface area contributed by atoms with Gasteiger partial charge in [0.05, 0.1) is 12.4 Å². The van der Waals surface area contributed by atoms with Crippen LogP contribution in [0, 0.1) is 5.41 Å². The van der Waals surface area contributed by atoms with E-state index in [1.54, 1.807) is 0 Å². The summed E-state index contributed by atoms with van der Waals surface area (Å²) < 4.78 is 1.85. The van der Waals surface area contributed by atoms with Gasteiger partial charge in [-0.1, -0.05) is 26.0 Å². The molecule has 0 amide bonds. The molecule has 1 heterocycles. The Kier molecular flexibility index (Phi) is 3.85. The molecule has 1 rings (SSSR count). The third-order valence-corrected chi connectivity index (χ3v) is 1.96. The van der Waals surface area contributed by atoms with Crippen LogP contribution in [0.2, 0.25) is 0 Å². The molecule has 0 fully saturated rings. The lowest BCUT2D eigenvalue weighted by atomic mass is 9.91. The summed E-state index contributed by atoms with van der Waals surface area (Å²) in [4.78, 5) is 0. The maximum Gasteiger partial charge on any atom is 0.0923 e. The van der Waals surface area contributed by atoms with E-state index in [-0.39, 0.29) is 5.41 Å². The zero-order valence-electron chi connectivity index (χ0n) is 10.4. The number of aromatic nitrogens is 3. The van der Waals surface area contributed by atoms with E-state index in [2.05, 4.69) is 50.2 Å². The Morgan fingerprint density at radius 1 is 1.40 bits per heavy atom. The molecule has 1 aromatic rings. The average Bonchev–Trinajstić information content (AvgIpc) is 2.45. The first-order valence-corrected chi connectivity index (χ1v) is 5.49. The van der Waals surface area contributed by atoms with Gasteiger partial charge in [0.25, 0.3) is 0 Å². The van der Waals surface area contributed by atoms with Crippen molar-refractivity contribution in [3.8, 4) is 0 Å². The minimum Gasteiger partial charge on any atom is -0.296 e. The fourth-order valence-electron chi connectivity index (χ4n) is 1.32. The zero-order valence-corrected chi connectivity index (χ0v) is 10.4. The van der Waals surface area contributed by atoms with Gasteiger partial charge in [-0.25, -0.2) is 4.68 Å². The van der Waals surface area contributed by atoms with Crippen molar-refractivity contribution in [3.63, 3.8) is 0 Å². The van der Waals surface area contributed by atoms with Crippen LogP contribution in [0.15, 0.2) is 6.20 Å². The molecule has 1 aromatic heterocycles. The van der Waals surface area contributed by atoms with E-state index in [0.717, 1.165) is 18.8 Å². The number of hydrogen-bond acceptors (Lipinski definition) is 3. The number of rotatable bonds is 4. The smallest absolute Gasteiger partial charge is 0.0923 e. The van der Waals surface area contributed by atoms with E-state index < -0.39 is 0 Å². The molecular weight excluding hydrogens is 188 g/mol. The first kappa shape index (κ1) is 12.2. The molecule has 4 heteroatoms. The highest BCUT2D eigenvalue weighted by Gasteiger charge is 2.13. The van der Waals surface area contributed by atoms with E-state index in [1.165, 1.54) is 0 Å². The summed E-state index contributed by atoms with van der Waals surface area (Å²) in [6.45, 7) is 11.6. The first-order valence-electron chi connectivity index (χ1n) is 5.49. The van der Waals surface area contributed by atoms with E-state index in [4.69, 9.17) is 0 Å². The van der Waals surface area contributed by atoms with E-state index >= 15 is 0 Å². The van der Waals surface area contributed by atoms with Crippen LogP contribution >= 0.6 is 0 Å². The molecule has 0 aromatic carbocycles. The largest absolute Gasteiger partial charge is 0.296 e. The van der Waals surface area contributed by atoms with Gasteiger partial charge in [-0.2, -0.15) is 0 Å². The van der Waals surface area contributed by atoms with Crippen molar-refractivity contribution in [2.45, 2.75) is 53.8 Å². The number of hydrogen-bond donors (Lipinski definition) is 1. The SMILES string of the molecule is CC(C)NCn1cc(CC(C)(C)C)nn1. The molecule has 0 saturated heterocycles. The van der Waals surface area contributed by atoms with Crippen molar-refractivity contribution in [2.75, 3.05) is 0 Å². The van der Waals surface area contributed by atoms with Crippen molar-refractivity contribution < 1.29 is 0 Å². The molecule has 0 aliphatic rings. The molecule has 0 saturated carbocycles. The normalized spacial score (nSPS) is 12.4. The average molecular weight is 210 g/mol. The Bertz CT molecular complexity index is 296. The lowest BCUT2D eigenvalue weighted by Crippen LogP contribution is -2.25. The summed E-state index contributed by atoms with van der Waals surface area (Å²) in [6.07, 6.45) is 2.98. The van der Waals surface area contributed by atoms with Crippen molar-refractivity contribution in [3.05, 3.63) is 11.9 Å². The predicted molar refractivity (Wildman–Crippen MR) is 61.5 cm³/mol. The van der Waals surface area contributed by atoms with E-state index in [9.17, 15) is 0 Å². The summed E-state index contributed by atoms with van der Waals surface area (Å²) in [6, 6.07) is 0.472. The molecular formula is C11H22N4. The molecule has 0 aliphatic heterocycles. The molecule has 86 valence electrons. The molecule has 0 bridgehead atoms. The third-order valence-electron chi connectivity index (χ3n) is 1.96. The van der Waals surface area contributed by atoms with Crippen LogP contribution in [0.3, 0.4) is 0 Å². The second-order valence-electron chi connectivity index (χ2n) is 5.50. The van der Waals surface area contributed by atoms with Crippen LogP contribution in [0.5, 0.6) is 0 Å². The standard InChI is InChI=1S/C11H22N4/c1-9(2)12-8-15-7-10(13-14-15)6-11(3,4)5/h7,9,12H,6,8H2,1-5H3. The van der Waals surface area contributed by atoms with Gasteiger partial charge >= 0.3 is 0 Å². The van der Waals surface area contributed by atoms with Crippen molar-refractivity contribution in [2.24, 2.45) is 5.41 Å². The molecule has 15 heavy (non-hydrogen) atoms. The third kappa shape index (κ3) is 4.93. The van der Waals surface area contributed by atoms with Gasteiger partial charge in [0.15, 0.2) is 0 Å². The summed E-state index contributed by atoms with van der Waals surface area (Å²) in [5.74, 6) is 0. The molecule has 4 nitrogen and oxygen atoms in total. The Morgan fingerprint density at radius 2 is 2.07 bits per heavy atom. The van der Waals surface area contributed by atoms with Gasteiger partial charge in [0, 0.05) is 12.2 Å². The molecule has 1 N–H and O–H groups in total. The highest BCUT2D eigenvalue weighted by Crippen LogP contribution is 2.18. The predicted octanol–water partition coefficient (Wildman–Crippen LogP) is 1.82. The van der Waals surface area contributed by atoms with Crippen molar-refractivity contribution >= 4 is 0 Å². The molecule has 0 spiro atoms. The van der Waals surface area contributed by atoms with Crippen LogP contribution in [0.1, 0.15) is 40.3 Å². The van der Waals surface area contributed by atoms with E-state index in [0.29, 0.717) is 6.04 Å². The molecule has 0 aliphatic carbocycles. The van der Waals surface area contributed by atoms with Gasteiger partial charge in [-0.05, 0) is 25.7 Å². The van der Waals surface area contributed by atoms with Crippen molar-refractivity contribution in [1.29, 1.82) is 0 Å². The number of nitrogens with zero attached hydrogens (tertiary/aromatic N) is 3. The number of nitrogens with one attached hydrogen (secondary N) is 1. The highest BCUT2D eigenvalue weighted by atomic mass is 15.4. The zero-order chi connectivity index (χ0) is 11.5. The lowest BCUT2D eigenvalue weighted by Gasteiger charge is -2.15. The van der Waals surface area contributed by atoms with Gasteiger partial charge in [0.1, 0.15) is 0 Å². The monoisotopic (exact) mass is 210 g/mol. The molecule has 0 unspecified atom stereocenters. The molecule has 0 atom stereocenters. The van der Waals surface area contributed by atoms with E-state index in [1.807, 2.05) is 10.9 Å². The first-order chi connectivity index (χ1) is 6.87. The lowest BCUT2D eigenvalue weighted by molar-refractivity contribution is 0.406. The van der Waals surface area contributed by atoms with Crippen LogP contribution in [-0.2, 0) is 13.1 Å². The maximum absolute atomic E-state index is 4.15. The quantitative estimate of drug-likeness (QED) is 0.824. The Hall–Kier alpha value is -0.900. The Morgan fingerprint density at radius 3 is 2.60 bits per heavy atom. The fraction of sp³-hybridized carbons (Fsp3) is 0.818. The van der Waals surface area contributed by atoms with Crippen LogP contribution in [0.4, 0.5) is 0 Å². The minimum atomic E-state index is 0.270. The summed E-state index contributed by atoms with van der Waals surface area (Å²) in [5.41, 5.74) is 1.33. The molecule has 0 radical (unpaired) electrons. The van der Waals surface area contributed by atoms with Gasteiger partial charge in [-0.15, -0.1) is 5.10 Å². The van der Waals surface area contributed by atoms with Crippen molar-refractivity contribution in [1.82, 2.24) is 20.3 Å². The van der Waals surface area contributed by atoms with Crippen LogP contribution in [0.25, 0.3) is 0 Å². The summed E-state index contributed by atoms with van der Waals surface area (Å²) in [7, 11) is 0. The second-order valence-corrected chi connectivity index (χ2v) is 5.50. The Balaban J connectivity index is 2.49. The minimum absolute atomic E-state index is 0.270. The van der Waals surface area contributed by atoms with Crippen LogP contribution < -0.4 is 5.32 Å². The van der Waals surface area contributed by atoms with Gasteiger partial charge in [0.2, 0.25) is 0 Å². The van der Waals surface area contributed by atoms with Crippen LogP contribution in [-0.4, -0.2) is 21.0 Å². The van der Waals surface area contributed by atoms with Gasteiger partial charge < -0.3 is 0 Å². The second kappa shape index (κ2) is 4.75.